The fourth-order valence-corrected chi connectivity index (χ4v) is 2.69. The summed E-state index contributed by atoms with van der Waals surface area (Å²) in [5, 5.41) is 3.24. The van der Waals surface area contributed by atoms with Crippen molar-refractivity contribution in [1.82, 2.24) is 10.2 Å². The van der Waals surface area contributed by atoms with Gasteiger partial charge in [0.05, 0.1) is 14.2 Å². The van der Waals surface area contributed by atoms with Crippen LogP contribution in [0.3, 0.4) is 0 Å². The predicted molar refractivity (Wildman–Crippen MR) is 85.0 cm³/mol. The van der Waals surface area contributed by atoms with Gasteiger partial charge in [-0.05, 0) is 43.6 Å². The Bertz CT molecular complexity index is 505. The second-order valence-corrected chi connectivity index (χ2v) is 5.23. The van der Waals surface area contributed by atoms with Crippen molar-refractivity contribution >= 4 is 23.2 Å². The molecule has 114 valence electrons. The molecule has 21 heavy (non-hydrogen) atoms. The molecule has 1 amide bonds. The van der Waals surface area contributed by atoms with E-state index in [0.717, 1.165) is 25.9 Å². The van der Waals surface area contributed by atoms with Crippen LogP contribution in [0.2, 0.25) is 0 Å². The number of amides is 1. The first-order valence-electron chi connectivity index (χ1n) is 6.98. The highest BCUT2D eigenvalue weighted by atomic mass is 32.1. The lowest BCUT2D eigenvalue weighted by atomic mass is 10.1. The highest BCUT2D eigenvalue weighted by Crippen LogP contribution is 2.28. The number of piperidine rings is 1. The third-order valence-electron chi connectivity index (χ3n) is 3.52. The number of carbonyl (C=O) groups is 1. The molecule has 0 radical (unpaired) electrons. The van der Waals surface area contributed by atoms with E-state index >= 15 is 0 Å². The zero-order valence-corrected chi connectivity index (χ0v) is 13.2. The largest absolute Gasteiger partial charge is 0.496 e. The average molecular weight is 308 g/mol. The molecule has 0 bridgehead atoms. The van der Waals surface area contributed by atoms with E-state index in [-0.39, 0.29) is 5.91 Å². The third kappa shape index (κ3) is 3.64. The van der Waals surface area contributed by atoms with E-state index in [1.165, 1.54) is 20.6 Å². The Kier molecular flexibility index (Phi) is 5.38. The Labute approximate surface area is 130 Å². The fourth-order valence-electron chi connectivity index (χ4n) is 2.41. The van der Waals surface area contributed by atoms with Crippen LogP contribution in [0.5, 0.6) is 11.5 Å². The van der Waals surface area contributed by atoms with E-state index in [1.54, 1.807) is 18.2 Å². The van der Waals surface area contributed by atoms with Crippen LogP contribution in [0, 0.1) is 0 Å². The molecule has 2 rings (SSSR count). The molecular weight excluding hydrogens is 288 g/mol. The summed E-state index contributed by atoms with van der Waals surface area (Å²) in [5.41, 5.74) is 0.363. The Morgan fingerprint density at radius 2 is 1.71 bits per heavy atom. The first-order valence-corrected chi connectivity index (χ1v) is 7.39. The second kappa shape index (κ2) is 7.26. The third-order valence-corrected chi connectivity index (χ3v) is 3.88. The molecule has 5 nitrogen and oxygen atoms in total. The van der Waals surface area contributed by atoms with Crippen molar-refractivity contribution in [1.29, 1.82) is 0 Å². The number of nitrogens with zero attached hydrogens (tertiary/aromatic N) is 1. The van der Waals surface area contributed by atoms with Gasteiger partial charge in [0.25, 0.3) is 5.91 Å². The summed E-state index contributed by atoms with van der Waals surface area (Å²) in [7, 11) is 3.04. The summed E-state index contributed by atoms with van der Waals surface area (Å²) < 4.78 is 10.5. The van der Waals surface area contributed by atoms with E-state index in [9.17, 15) is 4.79 Å². The van der Waals surface area contributed by atoms with E-state index in [1.807, 2.05) is 4.90 Å². The van der Waals surface area contributed by atoms with Crippen LogP contribution in [0.25, 0.3) is 0 Å². The molecule has 0 unspecified atom stereocenters. The molecule has 1 fully saturated rings. The number of likely N-dealkylation sites (tertiary alicyclic amines) is 1. The lowest BCUT2D eigenvalue weighted by Gasteiger charge is -2.29. The van der Waals surface area contributed by atoms with Crippen molar-refractivity contribution in [2.45, 2.75) is 19.3 Å². The van der Waals surface area contributed by atoms with Gasteiger partial charge in [-0.25, -0.2) is 0 Å². The smallest absolute Gasteiger partial charge is 0.264 e. The van der Waals surface area contributed by atoms with Gasteiger partial charge < -0.3 is 14.4 Å². The van der Waals surface area contributed by atoms with E-state index in [0.29, 0.717) is 22.2 Å². The minimum atomic E-state index is -0.306. The number of nitrogens with one attached hydrogen (secondary N) is 1. The van der Waals surface area contributed by atoms with E-state index in [4.69, 9.17) is 21.7 Å². The Hall–Kier alpha value is -1.82. The van der Waals surface area contributed by atoms with Crippen LogP contribution < -0.4 is 14.8 Å². The van der Waals surface area contributed by atoms with Crippen LogP contribution in [0.15, 0.2) is 18.2 Å². The highest BCUT2D eigenvalue weighted by molar-refractivity contribution is 7.80. The molecule has 1 N–H and O–H groups in total. The predicted octanol–water partition coefficient (Wildman–Crippen LogP) is 2.20. The molecule has 1 aromatic carbocycles. The van der Waals surface area contributed by atoms with E-state index < -0.39 is 0 Å². The highest BCUT2D eigenvalue weighted by Gasteiger charge is 2.21. The van der Waals surface area contributed by atoms with Crippen LogP contribution in [-0.2, 0) is 0 Å². The molecular formula is C15H20N2O3S. The lowest BCUT2D eigenvalue weighted by Crippen LogP contribution is -2.45. The molecule has 0 aromatic heterocycles. The zero-order valence-electron chi connectivity index (χ0n) is 12.3. The second-order valence-electron chi connectivity index (χ2n) is 4.84. The van der Waals surface area contributed by atoms with Crippen LogP contribution in [-0.4, -0.2) is 43.2 Å². The molecule has 0 atom stereocenters. The quantitative estimate of drug-likeness (QED) is 0.868. The summed E-state index contributed by atoms with van der Waals surface area (Å²) in [6.07, 6.45) is 3.43. The van der Waals surface area contributed by atoms with Gasteiger partial charge in [-0.3, -0.25) is 10.1 Å². The Balaban J connectivity index is 2.14. The van der Waals surface area contributed by atoms with Gasteiger partial charge in [0.1, 0.15) is 17.1 Å². The van der Waals surface area contributed by atoms with Crippen molar-refractivity contribution < 1.29 is 14.3 Å². The van der Waals surface area contributed by atoms with Crippen LogP contribution in [0.4, 0.5) is 0 Å². The van der Waals surface area contributed by atoms with Crippen LogP contribution in [0.1, 0.15) is 29.6 Å². The molecule has 1 saturated heterocycles. The molecule has 0 saturated carbocycles. The maximum Gasteiger partial charge on any atom is 0.264 e. The minimum Gasteiger partial charge on any atom is -0.496 e. The summed E-state index contributed by atoms with van der Waals surface area (Å²) in [6.45, 7) is 1.78. The van der Waals surface area contributed by atoms with Gasteiger partial charge in [-0.1, -0.05) is 6.07 Å². The number of carbonyl (C=O) groups excluding carboxylic acids is 1. The average Bonchev–Trinajstić information content (AvgIpc) is 2.54. The number of thiocarbonyl (C=S) groups is 1. The summed E-state index contributed by atoms with van der Waals surface area (Å²) in [5.74, 6) is 0.626. The van der Waals surface area contributed by atoms with Gasteiger partial charge in [-0.2, -0.15) is 0 Å². The van der Waals surface area contributed by atoms with Crippen molar-refractivity contribution in [3.05, 3.63) is 23.8 Å². The number of hydrogen-bond donors (Lipinski definition) is 1. The molecule has 1 aliphatic heterocycles. The first-order chi connectivity index (χ1) is 10.2. The summed E-state index contributed by atoms with van der Waals surface area (Å²) in [6, 6.07) is 5.22. The van der Waals surface area contributed by atoms with Crippen molar-refractivity contribution in [2.75, 3.05) is 27.3 Å². The molecule has 1 heterocycles. The maximum atomic E-state index is 12.5. The zero-order chi connectivity index (χ0) is 15.2. The first kappa shape index (κ1) is 15.6. The van der Waals surface area contributed by atoms with Crippen molar-refractivity contribution in [3.63, 3.8) is 0 Å². The molecule has 1 aliphatic rings. The minimum absolute atomic E-state index is 0.306. The number of rotatable bonds is 3. The summed E-state index contributed by atoms with van der Waals surface area (Å²) in [4.78, 5) is 14.5. The van der Waals surface area contributed by atoms with Crippen molar-refractivity contribution in [3.8, 4) is 11.5 Å². The molecule has 0 spiro atoms. The van der Waals surface area contributed by atoms with Gasteiger partial charge >= 0.3 is 0 Å². The SMILES string of the molecule is COc1cccc(OC)c1C(=O)NC(=S)N1CCCCC1. The van der Waals surface area contributed by atoms with Gasteiger partial charge in [0.15, 0.2) is 5.11 Å². The fraction of sp³-hybridized carbons (Fsp3) is 0.467. The van der Waals surface area contributed by atoms with Gasteiger partial charge in [0.2, 0.25) is 0 Å². The van der Waals surface area contributed by atoms with E-state index in [2.05, 4.69) is 5.32 Å². The molecule has 0 aliphatic carbocycles. The number of methoxy groups -OCH3 is 2. The molecule has 1 aromatic rings. The van der Waals surface area contributed by atoms with Gasteiger partial charge in [-0.15, -0.1) is 0 Å². The van der Waals surface area contributed by atoms with Crippen molar-refractivity contribution in [2.24, 2.45) is 0 Å². The standard InChI is InChI=1S/C15H20N2O3S/c1-19-11-7-6-8-12(20-2)13(11)14(18)16-15(21)17-9-4-3-5-10-17/h6-8H,3-5,9-10H2,1-2H3,(H,16,18,21). The number of hydrogen-bond acceptors (Lipinski definition) is 4. The molecule has 6 heteroatoms. The monoisotopic (exact) mass is 308 g/mol. The van der Waals surface area contributed by atoms with Crippen LogP contribution >= 0.6 is 12.2 Å². The maximum absolute atomic E-state index is 12.5. The lowest BCUT2D eigenvalue weighted by molar-refractivity contribution is 0.0966. The summed E-state index contributed by atoms with van der Waals surface area (Å²) >= 11 is 5.32. The van der Waals surface area contributed by atoms with Gasteiger partial charge in [0, 0.05) is 13.1 Å². The normalized spacial score (nSPS) is 14.5. The number of ether oxygens (including phenoxy) is 2. The Morgan fingerprint density at radius 1 is 1.14 bits per heavy atom. The number of benzene rings is 1. The Morgan fingerprint density at radius 3 is 2.24 bits per heavy atom. The topological polar surface area (TPSA) is 50.8 Å².